The zero-order valence-electron chi connectivity index (χ0n) is 44.0. The van der Waals surface area contributed by atoms with E-state index in [1.807, 2.05) is 0 Å². The van der Waals surface area contributed by atoms with Crippen molar-refractivity contribution in [2.24, 2.45) is 0 Å². The van der Waals surface area contributed by atoms with Gasteiger partial charge in [-0.2, -0.15) is 0 Å². The van der Waals surface area contributed by atoms with E-state index in [1.165, 1.54) is 0 Å². The minimum Gasteiger partial charge on any atom is -0.456 e. The van der Waals surface area contributed by atoms with Gasteiger partial charge >= 0.3 is 0 Å². The number of rotatable bonds is 3. The van der Waals surface area contributed by atoms with E-state index >= 15 is 0 Å². The second-order valence-corrected chi connectivity index (χ2v) is 10.9. The normalized spacial score (nSPS) is 17.8. The van der Waals surface area contributed by atoms with Gasteiger partial charge in [0.05, 0.1) is 27.4 Å². The van der Waals surface area contributed by atoms with Gasteiger partial charge in [-0.1, -0.05) is 133 Å². The maximum atomic E-state index is 9.90. The highest BCUT2D eigenvalue weighted by Crippen LogP contribution is 2.47. The molecule has 0 amide bonds. The van der Waals surface area contributed by atoms with E-state index in [9.17, 15) is 9.60 Å². The number of benzene rings is 9. The summed E-state index contributed by atoms with van der Waals surface area (Å²) in [6.45, 7) is 0. The Hall–Kier alpha value is -6.18. The lowest BCUT2D eigenvalue weighted by Gasteiger charge is -2.19. The van der Waals surface area contributed by atoms with Crippen molar-refractivity contribution in [1.29, 1.82) is 0 Å². The Morgan fingerprint density at radius 3 is 1.68 bits per heavy atom. The molecule has 0 N–H and O–H groups in total. The third-order valence-electron chi connectivity index (χ3n) is 8.25. The molecule has 1 aromatic heterocycles. The molecular weight excluding hydrogens is 569 g/mol. The molecule has 0 spiro atoms. The van der Waals surface area contributed by atoms with Crippen LogP contribution in [0.15, 0.2) is 174 Å². The summed E-state index contributed by atoms with van der Waals surface area (Å²) in [6.07, 6.45) is 0. The van der Waals surface area contributed by atoms with Crippen LogP contribution in [0.1, 0.15) is 27.4 Å². The molecule has 0 unspecified atom stereocenters. The molecule has 0 aliphatic heterocycles. The minimum atomic E-state index is -0.755. The van der Waals surface area contributed by atoms with Crippen molar-refractivity contribution in [1.82, 2.24) is 0 Å². The van der Waals surface area contributed by atoms with E-state index in [4.69, 9.17) is 22.2 Å². The third kappa shape index (κ3) is 4.03. The number of hydrogen-bond acceptors (Lipinski definition) is 1. The highest BCUT2D eigenvalue weighted by atomic mass is 16.3. The molecule has 0 aliphatic rings. The van der Waals surface area contributed by atoms with E-state index in [2.05, 4.69) is 0 Å². The second kappa shape index (κ2) is 10.2. The molecule has 0 saturated carbocycles. The van der Waals surface area contributed by atoms with Gasteiger partial charge in [0.2, 0.25) is 0 Å². The van der Waals surface area contributed by atoms with Crippen LogP contribution in [0.5, 0.6) is 0 Å². The molecule has 0 fully saturated rings. The van der Waals surface area contributed by atoms with Crippen LogP contribution >= 0.6 is 0 Å². The Bertz CT molecular complexity index is 3900. The van der Waals surface area contributed by atoms with Gasteiger partial charge in [-0.25, -0.2) is 0 Å². The van der Waals surface area contributed by atoms with Crippen LogP contribution in [0.25, 0.3) is 98.4 Å². The summed E-state index contributed by atoms with van der Waals surface area (Å²) in [7, 11) is 0. The monoisotopic (exact) mass is 616 g/mol. The SMILES string of the molecule is [2H]c1c([2H])c([2H])c(-c2c([2H])c(-c3c4ccccc4c(-c4c([2H])c([2H])c5oc6c([2H])c7c([2H])c([2H])c([2H])c([2H])c7c([2H])c6c5c4[2H])c4ccccc34)c3c([2H])c([2H])c([2H])c([2H])c3c2[2H])c([2H])c1[2H]. The van der Waals surface area contributed by atoms with Crippen molar-refractivity contribution >= 4 is 65.0 Å². The highest BCUT2D eigenvalue weighted by molar-refractivity contribution is 6.24. The first-order chi connectivity index (χ1) is 31.7. The molecule has 0 bridgehead atoms. The van der Waals surface area contributed by atoms with E-state index in [0.717, 1.165) is 0 Å². The van der Waals surface area contributed by atoms with Gasteiger partial charge in [0, 0.05) is 10.8 Å². The van der Waals surface area contributed by atoms with Crippen LogP contribution in [0.2, 0.25) is 0 Å². The van der Waals surface area contributed by atoms with Crippen molar-refractivity contribution in [2.75, 3.05) is 0 Å². The minimum absolute atomic E-state index is 0.140. The average molecular weight is 617 g/mol. The Morgan fingerprint density at radius 1 is 0.362 bits per heavy atom. The van der Waals surface area contributed by atoms with Crippen LogP contribution < -0.4 is 0 Å². The molecule has 9 aromatic carbocycles. The number of hydrogen-bond donors (Lipinski definition) is 0. The van der Waals surface area contributed by atoms with Gasteiger partial charge in [0.1, 0.15) is 11.2 Å². The van der Waals surface area contributed by atoms with Gasteiger partial charge in [0.15, 0.2) is 0 Å². The summed E-state index contributed by atoms with van der Waals surface area (Å²) in [5.41, 5.74) is -1.62. The smallest absolute Gasteiger partial charge is 0.136 e. The van der Waals surface area contributed by atoms with Crippen LogP contribution in [0.3, 0.4) is 0 Å². The quantitative estimate of drug-likeness (QED) is 0.180. The highest BCUT2D eigenvalue weighted by Gasteiger charge is 2.20. The van der Waals surface area contributed by atoms with Crippen molar-refractivity contribution < 1.29 is 31.8 Å². The van der Waals surface area contributed by atoms with E-state index in [1.54, 1.807) is 48.5 Å². The standard InChI is InChI=1S/C46H28O/c1-2-12-29(13-3-1)34-24-32-16-6-7-17-35(32)42(27-34)46-38-20-10-8-18-36(38)45(37-19-9-11-21-39(37)46)33-22-23-43-40(26-33)41-25-30-14-4-5-15-31(30)28-44(41)47-43/h1-28H/i1D,2D,3D,4D,5D,6D,7D,12D,13D,14D,15D,16D,17D,22D,23D,24D,25D,26D,27D,28D. The van der Waals surface area contributed by atoms with Crippen molar-refractivity contribution in [3.63, 3.8) is 0 Å². The van der Waals surface area contributed by atoms with Crippen molar-refractivity contribution in [2.45, 2.75) is 0 Å². The van der Waals surface area contributed by atoms with Gasteiger partial charge in [0.25, 0.3) is 0 Å². The lowest BCUT2D eigenvalue weighted by Crippen LogP contribution is -1.92. The van der Waals surface area contributed by atoms with E-state index < -0.39 is 132 Å². The Labute approximate surface area is 300 Å². The predicted molar refractivity (Wildman–Crippen MR) is 200 cm³/mol. The summed E-state index contributed by atoms with van der Waals surface area (Å²) in [4.78, 5) is 0. The van der Waals surface area contributed by atoms with Crippen LogP contribution in [0, 0.1) is 0 Å². The zero-order valence-corrected chi connectivity index (χ0v) is 24.0. The molecule has 0 aliphatic carbocycles. The largest absolute Gasteiger partial charge is 0.456 e. The molecule has 1 heterocycles. The summed E-state index contributed by atoms with van der Waals surface area (Å²) in [5, 5.41) is -0.435. The second-order valence-electron chi connectivity index (χ2n) is 10.9. The molecule has 0 saturated heterocycles. The first kappa shape index (κ1) is 13.3. The van der Waals surface area contributed by atoms with E-state index in [0.29, 0.717) is 10.8 Å². The van der Waals surface area contributed by atoms with Gasteiger partial charge < -0.3 is 4.42 Å². The molecular formula is C46H28O. The first-order valence-corrected chi connectivity index (χ1v) is 14.6. The third-order valence-corrected chi connectivity index (χ3v) is 8.25. The molecule has 1 nitrogen and oxygen atoms in total. The molecule has 0 radical (unpaired) electrons. The topological polar surface area (TPSA) is 13.1 Å². The molecule has 0 atom stereocenters. The van der Waals surface area contributed by atoms with Gasteiger partial charge in [-0.05, 0) is 113 Å². The van der Waals surface area contributed by atoms with Crippen LogP contribution in [0.4, 0.5) is 0 Å². The van der Waals surface area contributed by atoms with E-state index in [-0.39, 0.29) is 76.5 Å². The molecule has 10 aromatic rings. The molecule has 218 valence electrons. The first-order valence-electron chi connectivity index (χ1n) is 24.6. The summed E-state index contributed by atoms with van der Waals surface area (Å²) in [5.74, 6) is 0. The van der Waals surface area contributed by atoms with Crippen LogP contribution in [-0.2, 0) is 0 Å². The molecule has 10 rings (SSSR count). The molecule has 1 heteroatoms. The fourth-order valence-electron chi connectivity index (χ4n) is 6.28. The molecule has 47 heavy (non-hydrogen) atoms. The summed E-state index contributed by atoms with van der Waals surface area (Å²) >= 11 is 0. The van der Waals surface area contributed by atoms with Crippen LogP contribution in [-0.4, -0.2) is 0 Å². The zero-order chi connectivity index (χ0) is 48.3. The van der Waals surface area contributed by atoms with Gasteiger partial charge in [-0.15, -0.1) is 0 Å². The average Bonchev–Trinajstić information content (AvgIpc) is 3.73. The van der Waals surface area contributed by atoms with Crippen molar-refractivity contribution in [3.8, 4) is 33.4 Å². The lowest BCUT2D eigenvalue weighted by atomic mass is 9.83. The lowest BCUT2D eigenvalue weighted by molar-refractivity contribution is 0.669. The van der Waals surface area contributed by atoms with Crippen molar-refractivity contribution in [3.05, 3.63) is 169 Å². The maximum Gasteiger partial charge on any atom is 0.136 e. The predicted octanol–water partition coefficient (Wildman–Crippen LogP) is 13.2. The fraction of sp³-hybridized carbons (Fsp3) is 0. The number of furan rings is 1. The maximum absolute atomic E-state index is 9.90. The Morgan fingerprint density at radius 2 is 0.957 bits per heavy atom. The number of fused-ring (bicyclic) bond motifs is 7. The Balaban J connectivity index is 1.41. The summed E-state index contributed by atoms with van der Waals surface area (Å²) < 4.78 is 184. The Kier molecular flexibility index (Phi) is 2.87. The fourth-order valence-corrected chi connectivity index (χ4v) is 6.28. The van der Waals surface area contributed by atoms with Gasteiger partial charge in [-0.3, -0.25) is 0 Å². The summed E-state index contributed by atoms with van der Waals surface area (Å²) in [6, 6.07) is 0.525.